The molecule has 182 valence electrons. The third-order valence-electron chi connectivity index (χ3n) is 6.34. The fourth-order valence-electron chi connectivity index (χ4n) is 4.54. The normalized spacial score (nSPS) is 12.6. The number of pyridine rings is 1. The molecule has 0 atom stereocenters. The summed E-state index contributed by atoms with van der Waals surface area (Å²) in [6, 6.07) is 17.0. The van der Waals surface area contributed by atoms with Gasteiger partial charge in [-0.25, -0.2) is 9.37 Å². The number of nitro benzene ring substituents is 1. The SMILES string of the molecule is O=C(c1cc2c(s1)-c1ccc(F)cc1N(C(=O)c1ccc([N+](=O)[O-])cc1)CC2)c1ncc2ccccn12. The van der Waals surface area contributed by atoms with Gasteiger partial charge < -0.3 is 4.90 Å². The van der Waals surface area contributed by atoms with Crippen molar-refractivity contribution in [3.05, 3.63) is 117 Å². The van der Waals surface area contributed by atoms with Crippen LogP contribution in [0.4, 0.5) is 15.8 Å². The number of hydrogen-bond acceptors (Lipinski definition) is 6. The first-order valence-electron chi connectivity index (χ1n) is 11.4. The lowest BCUT2D eigenvalue weighted by molar-refractivity contribution is -0.384. The van der Waals surface area contributed by atoms with Crippen molar-refractivity contribution >= 4 is 39.9 Å². The molecule has 0 N–H and O–H groups in total. The largest absolute Gasteiger partial charge is 0.307 e. The number of aromatic nitrogens is 2. The Bertz CT molecular complexity index is 1720. The summed E-state index contributed by atoms with van der Waals surface area (Å²) < 4.78 is 16.1. The number of thiophene rings is 1. The highest BCUT2D eigenvalue weighted by Gasteiger charge is 2.29. The van der Waals surface area contributed by atoms with Gasteiger partial charge in [0.1, 0.15) is 5.82 Å². The molecule has 10 heteroatoms. The molecule has 8 nitrogen and oxygen atoms in total. The molecule has 0 bridgehead atoms. The number of rotatable bonds is 4. The first kappa shape index (κ1) is 22.7. The number of anilines is 1. The average Bonchev–Trinajstić information content (AvgIpc) is 3.50. The molecule has 6 rings (SSSR count). The highest BCUT2D eigenvalue weighted by Crippen LogP contribution is 2.42. The van der Waals surface area contributed by atoms with E-state index in [1.807, 2.05) is 24.3 Å². The summed E-state index contributed by atoms with van der Waals surface area (Å²) in [6.45, 7) is 0.246. The average molecular weight is 513 g/mol. The molecule has 1 aliphatic rings. The molecule has 0 radical (unpaired) electrons. The lowest BCUT2D eigenvalue weighted by Gasteiger charge is -2.23. The van der Waals surface area contributed by atoms with Crippen molar-refractivity contribution in [1.82, 2.24) is 9.38 Å². The zero-order valence-electron chi connectivity index (χ0n) is 19.1. The smallest absolute Gasteiger partial charge is 0.269 e. The summed E-state index contributed by atoms with van der Waals surface area (Å²) in [7, 11) is 0. The topological polar surface area (TPSA) is 97.8 Å². The van der Waals surface area contributed by atoms with E-state index in [2.05, 4.69) is 4.98 Å². The van der Waals surface area contributed by atoms with E-state index in [1.165, 1.54) is 52.6 Å². The van der Waals surface area contributed by atoms with Crippen LogP contribution in [0.25, 0.3) is 16.0 Å². The Labute approximate surface area is 213 Å². The maximum absolute atomic E-state index is 14.4. The second-order valence-corrected chi connectivity index (χ2v) is 9.60. The fraction of sp³-hybridized carbons (Fsp3) is 0.0741. The maximum atomic E-state index is 14.4. The number of carbonyl (C=O) groups is 2. The lowest BCUT2D eigenvalue weighted by Crippen LogP contribution is -2.32. The highest BCUT2D eigenvalue weighted by atomic mass is 32.1. The summed E-state index contributed by atoms with van der Waals surface area (Å²) in [4.78, 5) is 44.3. The van der Waals surface area contributed by atoms with Crippen LogP contribution in [-0.2, 0) is 6.42 Å². The lowest BCUT2D eigenvalue weighted by atomic mass is 10.1. The van der Waals surface area contributed by atoms with Crippen LogP contribution in [0.3, 0.4) is 0 Å². The van der Waals surface area contributed by atoms with Gasteiger partial charge in [-0.2, -0.15) is 0 Å². The number of fused-ring (bicyclic) bond motifs is 4. The number of imidazole rings is 1. The monoisotopic (exact) mass is 512 g/mol. The Hall–Kier alpha value is -4.70. The Morgan fingerprint density at radius 3 is 2.65 bits per heavy atom. The summed E-state index contributed by atoms with van der Waals surface area (Å²) in [5, 5.41) is 11.0. The third-order valence-corrected chi connectivity index (χ3v) is 7.55. The highest BCUT2D eigenvalue weighted by molar-refractivity contribution is 7.17. The van der Waals surface area contributed by atoms with Crippen molar-refractivity contribution in [2.24, 2.45) is 0 Å². The molecular weight excluding hydrogens is 495 g/mol. The van der Waals surface area contributed by atoms with Crippen LogP contribution in [0.1, 0.15) is 31.4 Å². The molecule has 1 aliphatic heterocycles. The van der Waals surface area contributed by atoms with E-state index in [9.17, 15) is 24.1 Å². The van der Waals surface area contributed by atoms with Crippen LogP contribution in [-0.4, -0.2) is 32.5 Å². The molecule has 0 fully saturated rings. The van der Waals surface area contributed by atoms with Gasteiger partial charge >= 0.3 is 0 Å². The molecule has 0 aliphatic carbocycles. The number of nitro groups is 1. The second-order valence-electron chi connectivity index (χ2n) is 8.54. The van der Waals surface area contributed by atoms with Crippen LogP contribution in [0.2, 0.25) is 0 Å². The van der Waals surface area contributed by atoms with Gasteiger partial charge in [0.2, 0.25) is 5.78 Å². The van der Waals surface area contributed by atoms with E-state index in [0.29, 0.717) is 28.4 Å². The summed E-state index contributed by atoms with van der Waals surface area (Å²) in [5.74, 6) is -0.800. The Morgan fingerprint density at radius 2 is 1.86 bits per heavy atom. The number of carbonyl (C=O) groups excluding carboxylic acids is 2. The summed E-state index contributed by atoms with van der Waals surface area (Å²) >= 11 is 1.29. The van der Waals surface area contributed by atoms with Crippen LogP contribution >= 0.6 is 11.3 Å². The van der Waals surface area contributed by atoms with E-state index in [0.717, 1.165) is 16.0 Å². The predicted octanol–water partition coefficient (Wildman–Crippen LogP) is 5.54. The quantitative estimate of drug-likeness (QED) is 0.179. The molecule has 5 aromatic rings. The van der Waals surface area contributed by atoms with Gasteiger partial charge in [0.05, 0.1) is 27.2 Å². The number of benzene rings is 2. The molecule has 0 saturated heterocycles. The molecule has 1 amide bonds. The van der Waals surface area contributed by atoms with E-state index >= 15 is 0 Å². The van der Waals surface area contributed by atoms with Crippen molar-refractivity contribution in [3.63, 3.8) is 0 Å². The first-order valence-corrected chi connectivity index (χ1v) is 12.2. The molecule has 3 aromatic heterocycles. The van der Waals surface area contributed by atoms with Crippen molar-refractivity contribution in [2.45, 2.75) is 6.42 Å². The van der Waals surface area contributed by atoms with Crippen molar-refractivity contribution in [1.29, 1.82) is 0 Å². The number of nitrogens with zero attached hydrogens (tertiary/aromatic N) is 4. The van der Waals surface area contributed by atoms with Gasteiger partial charge in [0.25, 0.3) is 11.6 Å². The summed E-state index contributed by atoms with van der Waals surface area (Å²) in [6.07, 6.45) is 3.87. The molecule has 4 heterocycles. The van der Waals surface area contributed by atoms with E-state index in [-0.39, 0.29) is 23.6 Å². The standard InChI is InChI=1S/C27H17FN4O4S/c28-18-6-9-21-22(14-18)31(27(34)16-4-7-19(8-5-16)32(35)36)12-10-17-13-23(37-25(17)21)24(33)26-29-15-20-3-1-2-11-30(20)26/h1-9,11,13-15H,10,12H2. The minimum atomic E-state index is -0.534. The van der Waals surface area contributed by atoms with Gasteiger partial charge in [-0.05, 0) is 60.5 Å². The van der Waals surface area contributed by atoms with Crippen molar-refractivity contribution < 1.29 is 18.9 Å². The molecule has 2 aromatic carbocycles. The van der Waals surface area contributed by atoms with E-state index in [1.54, 1.807) is 22.9 Å². The van der Waals surface area contributed by atoms with Gasteiger partial charge in [0, 0.05) is 40.9 Å². The van der Waals surface area contributed by atoms with Crippen LogP contribution in [0.5, 0.6) is 0 Å². The minimum absolute atomic E-state index is 0.122. The number of non-ortho nitro benzene ring substituents is 1. The minimum Gasteiger partial charge on any atom is -0.307 e. The maximum Gasteiger partial charge on any atom is 0.269 e. The van der Waals surface area contributed by atoms with Gasteiger partial charge in [-0.15, -0.1) is 11.3 Å². The van der Waals surface area contributed by atoms with Crippen LogP contribution < -0.4 is 4.90 Å². The van der Waals surface area contributed by atoms with Crippen molar-refractivity contribution in [2.75, 3.05) is 11.4 Å². The predicted molar refractivity (Wildman–Crippen MR) is 137 cm³/mol. The zero-order chi connectivity index (χ0) is 25.7. The van der Waals surface area contributed by atoms with E-state index in [4.69, 9.17) is 0 Å². The first-order chi connectivity index (χ1) is 17.9. The number of hydrogen-bond donors (Lipinski definition) is 0. The van der Waals surface area contributed by atoms with Crippen molar-refractivity contribution in [3.8, 4) is 10.4 Å². The van der Waals surface area contributed by atoms with Gasteiger partial charge in [-0.1, -0.05) is 6.07 Å². The van der Waals surface area contributed by atoms with Crippen LogP contribution in [0, 0.1) is 15.9 Å². The van der Waals surface area contributed by atoms with E-state index < -0.39 is 16.6 Å². The molecule has 0 saturated carbocycles. The van der Waals surface area contributed by atoms with Gasteiger partial charge in [0.15, 0.2) is 5.82 Å². The Balaban J connectivity index is 1.39. The Morgan fingerprint density at radius 1 is 1.05 bits per heavy atom. The summed E-state index contributed by atoms with van der Waals surface area (Å²) in [5.41, 5.74) is 2.85. The second kappa shape index (κ2) is 8.75. The molecule has 37 heavy (non-hydrogen) atoms. The number of ketones is 1. The van der Waals surface area contributed by atoms with Gasteiger partial charge in [-0.3, -0.25) is 24.1 Å². The van der Waals surface area contributed by atoms with Crippen LogP contribution in [0.15, 0.2) is 79.1 Å². The third kappa shape index (κ3) is 3.87. The molecule has 0 spiro atoms. The zero-order valence-corrected chi connectivity index (χ0v) is 19.9. The molecular formula is C27H17FN4O4S. The number of amides is 1. The molecule has 0 unspecified atom stereocenters. The number of halogens is 1. The fourth-order valence-corrected chi connectivity index (χ4v) is 5.72. The Kier molecular flexibility index (Phi) is 5.38.